The number of methoxy groups -OCH3 is 2. The zero-order valence-corrected chi connectivity index (χ0v) is 32.1. The minimum atomic E-state index is -3.99. The van der Waals surface area contributed by atoms with Gasteiger partial charge in [-0.25, -0.2) is 0 Å². The first-order valence-electron chi connectivity index (χ1n) is 16.1. The van der Waals surface area contributed by atoms with Gasteiger partial charge in [-0.15, -0.1) is 0 Å². The Kier molecular flexibility index (Phi) is 8.30. The number of ether oxygens (including phenoxy) is 2. The summed E-state index contributed by atoms with van der Waals surface area (Å²) < 4.78 is 17.7. The average molecular weight is 765 g/mol. The maximum atomic E-state index is 5.46. The van der Waals surface area contributed by atoms with E-state index in [0.29, 0.717) is 18.4 Å². The minimum absolute atomic E-state index is 0.504. The molecule has 6 rings (SSSR count). The van der Waals surface area contributed by atoms with E-state index in [1.165, 1.54) is 33.4 Å². The van der Waals surface area contributed by atoms with Crippen molar-refractivity contribution in [3.05, 3.63) is 119 Å². The van der Waals surface area contributed by atoms with Gasteiger partial charge >= 0.3 is 267 Å². The van der Waals surface area contributed by atoms with Crippen LogP contribution in [0.3, 0.4) is 0 Å². The number of hydrogen-bond acceptors (Lipinski definition) is 2. The molecule has 0 fully saturated rings. The van der Waals surface area contributed by atoms with E-state index in [1.54, 1.807) is 25.3 Å². The first-order valence-corrected chi connectivity index (χ1v) is 34.4. The number of benzene rings is 4. The van der Waals surface area contributed by atoms with Crippen molar-refractivity contribution in [1.82, 2.24) is 0 Å². The molecule has 2 aliphatic rings. The van der Waals surface area contributed by atoms with Crippen LogP contribution in [-0.2, 0) is 17.1 Å². The molecule has 226 valence electrons. The van der Waals surface area contributed by atoms with Gasteiger partial charge in [0.15, 0.2) is 0 Å². The first kappa shape index (κ1) is 31.0. The van der Waals surface area contributed by atoms with Crippen LogP contribution < -0.4 is 9.47 Å². The second-order valence-corrected chi connectivity index (χ2v) is 59.7. The molecule has 4 heteroatoms. The molecule has 2 nitrogen and oxygen atoms in total. The Balaban J connectivity index is 1.56. The molecule has 2 unspecified atom stereocenters. The Labute approximate surface area is 265 Å². The van der Waals surface area contributed by atoms with Crippen molar-refractivity contribution in [2.45, 2.75) is 55.5 Å². The van der Waals surface area contributed by atoms with E-state index in [1.807, 2.05) is 0 Å². The van der Waals surface area contributed by atoms with Crippen molar-refractivity contribution >= 4 is 17.6 Å². The molecule has 0 saturated carbocycles. The fourth-order valence-corrected chi connectivity index (χ4v) is 81.1. The van der Waals surface area contributed by atoms with Gasteiger partial charge in [0.1, 0.15) is 0 Å². The van der Waals surface area contributed by atoms with E-state index >= 15 is 0 Å². The van der Waals surface area contributed by atoms with Crippen LogP contribution in [0.5, 0.6) is 11.5 Å². The Bertz CT molecular complexity index is 1710. The molecule has 0 saturated heterocycles. The predicted molar refractivity (Wildman–Crippen MR) is 188 cm³/mol. The number of hydrogen-bond donors (Lipinski definition) is 0. The molecule has 0 aromatic heterocycles. The molecular formula is C40H46HfO2Si. The number of allylic oxidation sites excluding steroid dienone is 2. The molecule has 0 heterocycles. The molecule has 0 N–H and O–H groups in total. The van der Waals surface area contributed by atoms with Crippen LogP contribution in [0.4, 0.5) is 0 Å². The zero-order valence-electron chi connectivity index (χ0n) is 27.5. The summed E-state index contributed by atoms with van der Waals surface area (Å²) >= 11 is -3.99. The van der Waals surface area contributed by atoms with Gasteiger partial charge in [0.05, 0.1) is 0 Å². The van der Waals surface area contributed by atoms with Crippen molar-refractivity contribution in [3.8, 4) is 33.8 Å². The second-order valence-electron chi connectivity index (χ2n) is 14.1. The third-order valence-electron chi connectivity index (χ3n) is 10.7. The molecule has 4 aromatic carbocycles. The fraction of sp³-hybridized carbons (Fsp3) is 0.300. The van der Waals surface area contributed by atoms with E-state index in [0.717, 1.165) is 11.5 Å². The Morgan fingerprint density at radius 3 is 1.30 bits per heavy atom. The van der Waals surface area contributed by atoms with Gasteiger partial charge in [0.2, 0.25) is 0 Å². The summed E-state index contributed by atoms with van der Waals surface area (Å²) in [5, 5.41) is 0. The molecule has 4 aromatic rings. The van der Waals surface area contributed by atoms with Crippen molar-refractivity contribution in [3.63, 3.8) is 0 Å². The van der Waals surface area contributed by atoms with Gasteiger partial charge in [-0.1, -0.05) is 0 Å². The van der Waals surface area contributed by atoms with Crippen molar-refractivity contribution in [1.29, 1.82) is 0 Å². The van der Waals surface area contributed by atoms with Crippen LogP contribution in [0.15, 0.2) is 97.1 Å². The van der Waals surface area contributed by atoms with E-state index in [9.17, 15) is 0 Å². The third kappa shape index (κ3) is 4.93. The van der Waals surface area contributed by atoms with Crippen LogP contribution in [0.25, 0.3) is 34.4 Å². The summed E-state index contributed by atoms with van der Waals surface area (Å²) in [5.74, 6) is 1.79. The van der Waals surface area contributed by atoms with Crippen LogP contribution >= 0.6 is 0 Å². The number of rotatable bonds is 8. The van der Waals surface area contributed by atoms with Crippen LogP contribution in [0.2, 0.25) is 20.4 Å². The molecule has 0 aliphatic heterocycles. The summed E-state index contributed by atoms with van der Waals surface area (Å²) in [6.45, 7) is 10.1. The quantitative estimate of drug-likeness (QED) is 0.166. The molecule has 0 spiro atoms. The van der Waals surface area contributed by atoms with Crippen LogP contribution in [-0.4, -0.2) is 19.7 Å². The average Bonchev–Trinajstić information content (AvgIpc) is 3.67. The molecule has 0 radical (unpaired) electrons. The summed E-state index contributed by atoms with van der Waals surface area (Å²) in [5.41, 5.74) is 11.8. The summed E-state index contributed by atoms with van der Waals surface area (Å²) in [7, 11) is 3.46. The normalized spacial score (nSPS) is 17.2. The molecule has 2 atom stereocenters. The van der Waals surface area contributed by atoms with E-state index in [-0.39, 0.29) is 0 Å². The van der Waals surface area contributed by atoms with E-state index in [4.69, 9.17) is 9.47 Å². The molecule has 44 heavy (non-hydrogen) atoms. The van der Waals surface area contributed by atoms with Crippen LogP contribution in [0, 0.1) is 0 Å². The van der Waals surface area contributed by atoms with Crippen molar-refractivity contribution in [2.24, 2.45) is 0 Å². The Hall–Kier alpha value is -2.95. The van der Waals surface area contributed by atoms with Gasteiger partial charge in [-0.05, 0) is 0 Å². The SMILES string of the molecule is COc1ccc(-c2cccc3c2C=C[CH]3[Hf]([CH3])([CH3])([CH]2C=Cc3c(-c4ccc(OC)cc4)cccc32)=[Si](C(C)C)C(C)C)cc1. The molecule has 0 amide bonds. The topological polar surface area (TPSA) is 18.5 Å². The molecule has 2 aliphatic carbocycles. The predicted octanol–water partition coefficient (Wildman–Crippen LogP) is 11.5. The Morgan fingerprint density at radius 2 is 0.955 bits per heavy atom. The summed E-state index contributed by atoms with van der Waals surface area (Å²) in [4.78, 5) is 0. The van der Waals surface area contributed by atoms with Crippen LogP contribution in [0.1, 0.15) is 57.3 Å². The summed E-state index contributed by atoms with van der Waals surface area (Å²) in [6.07, 6.45) is 10.2. The standard InChI is InChI=1S/2C16H13O.C6H14Si.2CH3.Hf/c2*1-17-14-10-8-13(9-11-14)16-7-3-5-12-4-2-6-15(12)16;1-5(2)7-6(3)4;;;/h2*2-11H,1H3;5-6H,1-4H3;2*1H3;. The molecular weight excluding hydrogens is 719 g/mol. The molecule has 0 bridgehead atoms. The van der Waals surface area contributed by atoms with Gasteiger partial charge in [-0.2, -0.15) is 0 Å². The van der Waals surface area contributed by atoms with Gasteiger partial charge in [-0.3, -0.25) is 0 Å². The second kappa shape index (κ2) is 11.8. The monoisotopic (exact) mass is 766 g/mol. The zero-order chi connectivity index (χ0) is 31.2. The van der Waals surface area contributed by atoms with Gasteiger partial charge in [0.25, 0.3) is 0 Å². The van der Waals surface area contributed by atoms with E-state index in [2.05, 4.69) is 146 Å². The summed E-state index contributed by atoms with van der Waals surface area (Å²) in [6, 6.07) is 31.2. The first-order chi connectivity index (χ1) is 21.1. The third-order valence-corrected chi connectivity index (χ3v) is 69.6. The van der Waals surface area contributed by atoms with E-state index < -0.39 is 22.6 Å². The fourth-order valence-electron chi connectivity index (χ4n) is 9.31. The maximum absolute atomic E-state index is 5.46. The number of fused-ring (bicyclic) bond motifs is 2. The van der Waals surface area contributed by atoms with Crippen molar-refractivity contribution in [2.75, 3.05) is 14.2 Å². The van der Waals surface area contributed by atoms with Crippen molar-refractivity contribution < 1.29 is 26.6 Å². The van der Waals surface area contributed by atoms with Gasteiger partial charge < -0.3 is 0 Å². The Morgan fingerprint density at radius 1 is 0.568 bits per heavy atom. The van der Waals surface area contributed by atoms with Gasteiger partial charge in [0, 0.05) is 0 Å².